The number of aromatic nitrogens is 3. The van der Waals surface area contributed by atoms with Crippen LogP contribution in [-0.4, -0.2) is 29.5 Å². The molecule has 0 fully saturated rings. The molecule has 9 nitrogen and oxygen atoms in total. The molecule has 0 aliphatic rings. The van der Waals surface area contributed by atoms with E-state index in [0.29, 0.717) is 17.2 Å². The van der Waals surface area contributed by atoms with Gasteiger partial charge in [0.2, 0.25) is 0 Å². The summed E-state index contributed by atoms with van der Waals surface area (Å²) in [7, 11) is -4.33. The number of pyridine rings is 1. The minimum absolute atomic E-state index is 0.0153. The van der Waals surface area contributed by atoms with Crippen LogP contribution in [0.2, 0.25) is 10.0 Å². The number of hydrogen-bond donors (Lipinski definition) is 0. The molecule has 0 aliphatic heterocycles. The zero-order chi connectivity index (χ0) is 23.3. The summed E-state index contributed by atoms with van der Waals surface area (Å²) in [5, 5.41) is 3.94. The van der Waals surface area contributed by atoms with Gasteiger partial charge in [-0.3, -0.25) is 4.98 Å². The third kappa shape index (κ3) is 5.72. The molecule has 2 heterocycles. The number of nitrogens with zero attached hydrogens (tertiary/aromatic N) is 6. The highest BCUT2D eigenvalue weighted by Gasteiger charge is 2.31. The van der Waals surface area contributed by atoms with Gasteiger partial charge in [0.05, 0.1) is 17.9 Å². The lowest BCUT2D eigenvalue weighted by Gasteiger charge is -2.14. The SMILES string of the molecule is CC(C)c1nc(CCN=[N+]=[N-])n(Cc2ccccn2)c1S(=O)(=O)Oc1cc(Cl)cc(Cl)c1. The predicted octanol–water partition coefficient (Wildman–Crippen LogP) is 5.38. The predicted molar refractivity (Wildman–Crippen MR) is 122 cm³/mol. The van der Waals surface area contributed by atoms with Crippen molar-refractivity contribution in [3.05, 3.63) is 80.3 Å². The number of rotatable bonds is 9. The van der Waals surface area contributed by atoms with E-state index in [2.05, 4.69) is 20.0 Å². The van der Waals surface area contributed by atoms with Crippen molar-refractivity contribution in [3.8, 4) is 5.75 Å². The van der Waals surface area contributed by atoms with Crippen molar-refractivity contribution in [2.75, 3.05) is 6.54 Å². The Bertz CT molecular complexity index is 1240. The number of benzene rings is 1. The van der Waals surface area contributed by atoms with Crippen LogP contribution < -0.4 is 4.18 Å². The maximum atomic E-state index is 13.4. The summed E-state index contributed by atoms with van der Waals surface area (Å²) in [4.78, 5) is 11.6. The molecule has 0 atom stereocenters. The van der Waals surface area contributed by atoms with Crippen molar-refractivity contribution in [3.63, 3.8) is 0 Å². The highest BCUT2D eigenvalue weighted by atomic mass is 35.5. The molecule has 1 aromatic carbocycles. The average Bonchev–Trinajstić information content (AvgIpc) is 3.07. The van der Waals surface area contributed by atoms with E-state index in [-0.39, 0.29) is 46.2 Å². The average molecular weight is 495 g/mol. The summed E-state index contributed by atoms with van der Waals surface area (Å²) < 4.78 is 33.8. The molecule has 0 unspecified atom stereocenters. The highest BCUT2D eigenvalue weighted by Crippen LogP contribution is 2.31. The van der Waals surface area contributed by atoms with E-state index in [1.807, 2.05) is 13.8 Å². The summed E-state index contributed by atoms with van der Waals surface area (Å²) in [6.45, 7) is 3.93. The van der Waals surface area contributed by atoms with E-state index in [9.17, 15) is 8.42 Å². The van der Waals surface area contributed by atoms with Crippen LogP contribution in [0.4, 0.5) is 0 Å². The Morgan fingerprint density at radius 2 is 1.94 bits per heavy atom. The molecule has 0 N–H and O–H groups in total. The number of imidazole rings is 1. The lowest BCUT2D eigenvalue weighted by molar-refractivity contribution is 0.470. The normalized spacial score (nSPS) is 11.4. The molecule has 0 saturated heterocycles. The fraction of sp³-hybridized carbons (Fsp3) is 0.300. The fourth-order valence-corrected chi connectivity index (χ4v) is 5.00. The molecular weight excluding hydrogens is 475 g/mol. The zero-order valence-corrected chi connectivity index (χ0v) is 19.6. The third-order valence-electron chi connectivity index (χ3n) is 4.40. The topological polar surface area (TPSA) is 123 Å². The van der Waals surface area contributed by atoms with Gasteiger partial charge in [0.1, 0.15) is 11.6 Å². The Morgan fingerprint density at radius 3 is 2.53 bits per heavy atom. The van der Waals surface area contributed by atoms with E-state index in [1.54, 1.807) is 24.4 Å². The smallest absolute Gasteiger partial charge is 0.357 e. The van der Waals surface area contributed by atoms with Crippen LogP contribution in [0.1, 0.15) is 37.0 Å². The van der Waals surface area contributed by atoms with Gasteiger partial charge >= 0.3 is 10.1 Å². The lowest BCUT2D eigenvalue weighted by atomic mass is 10.1. The monoisotopic (exact) mass is 494 g/mol. The molecule has 32 heavy (non-hydrogen) atoms. The Balaban J connectivity index is 2.15. The van der Waals surface area contributed by atoms with Gasteiger partial charge in [-0.1, -0.05) is 48.2 Å². The standard InChI is InChI=1S/C20H20Cl2N6O3S/c1-13(2)19-20(32(29,30)31-17-10-14(21)9-15(22)11-17)28(12-16-5-3-4-7-24-16)18(26-19)6-8-25-27-23/h3-5,7,9-11,13H,6,8,12H2,1-2H3. The third-order valence-corrected chi connectivity index (χ3v) is 6.15. The largest absolute Gasteiger partial charge is 0.378 e. The van der Waals surface area contributed by atoms with E-state index in [1.165, 1.54) is 22.8 Å². The van der Waals surface area contributed by atoms with Gasteiger partial charge in [-0.25, -0.2) is 4.98 Å². The second-order valence-electron chi connectivity index (χ2n) is 7.13. The van der Waals surface area contributed by atoms with Crippen LogP contribution in [0.15, 0.2) is 52.7 Å². The minimum Gasteiger partial charge on any atom is -0.378 e. The van der Waals surface area contributed by atoms with Crippen molar-refractivity contribution in [1.82, 2.24) is 14.5 Å². The summed E-state index contributed by atoms with van der Waals surface area (Å²) in [5.41, 5.74) is 9.59. The Morgan fingerprint density at radius 1 is 1.22 bits per heavy atom. The van der Waals surface area contributed by atoms with Crippen molar-refractivity contribution in [1.29, 1.82) is 0 Å². The molecule has 0 amide bonds. The van der Waals surface area contributed by atoms with Gasteiger partial charge in [0.15, 0.2) is 5.03 Å². The van der Waals surface area contributed by atoms with Crippen LogP contribution in [0.3, 0.4) is 0 Å². The van der Waals surface area contributed by atoms with Crippen LogP contribution in [0, 0.1) is 0 Å². The first-order chi connectivity index (χ1) is 15.2. The summed E-state index contributed by atoms with van der Waals surface area (Å²) in [6.07, 6.45) is 1.86. The Kier molecular flexibility index (Phi) is 7.63. The second kappa shape index (κ2) is 10.2. The maximum Gasteiger partial charge on any atom is 0.357 e. The molecule has 3 aromatic rings. The van der Waals surface area contributed by atoms with Gasteiger partial charge in [-0.2, -0.15) is 8.42 Å². The molecule has 12 heteroatoms. The summed E-state index contributed by atoms with van der Waals surface area (Å²) in [6, 6.07) is 9.55. The van der Waals surface area contributed by atoms with Crippen LogP contribution in [0.25, 0.3) is 10.4 Å². The van der Waals surface area contributed by atoms with E-state index < -0.39 is 10.1 Å². The number of azide groups is 1. The molecule has 0 aliphatic carbocycles. The first-order valence-electron chi connectivity index (χ1n) is 9.62. The zero-order valence-electron chi connectivity index (χ0n) is 17.3. The van der Waals surface area contributed by atoms with E-state index >= 15 is 0 Å². The Hall–Kier alpha value is -2.78. The highest BCUT2D eigenvalue weighted by molar-refractivity contribution is 7.87. The molecule has 168 valence electrons. The Labute approximate surface area is 195 Å². The maximum absolute atomic E-state index is 13.4. The van der Waals surface area contributed by atoms with Crippen molar-refractivity contribution in [2.45, 2.75) is 37.8 Å². The van der Waals surface area contributed by atoms with Crippen LogP contribution >= 0.6 is 23.2 Å². The quantitative estimate of drug-likeness (QED) is 0.171. The summed E-state index contributed by atoms with van der Waals surface area (Å²) in [5.74, 6) is 0.200. The van der Waals surface area contributed by atoms with Crippen LogP contribution in [-0.2, 0) is 23.1 Å². The van der Waals surface area contributed by atoms with E-state index in [0.717, 1.165) is 0 Å². The van der Waals surface area contributed by atoms with Gasteiger partial charge in [-0.05, 0) is 29.6 Å². The second-order valence-corrected chi connectivity index (χ2v) is 9.46. The first kappa shape index (κ1) is 23.9. The molecule has 0 bridgehead atoms. The fourth-order valence-electron chi connectivity index (χ4n) is 3.09. The first-order valence-corrected chi connectivity index (χ1v) is 11.8. The molecule has 2 aromatic heterocycles. The van der Waals surface area contributed by atoms with Gasteiger partial charge < -0.3 is 8.75 Å². The van der Waals surface area contributed by atoms with Crippen LogP contribution in [0.5, 0.6) is 5.75 Å². The summed E-state index contributed by atoms with van der Waals surface area (Å²) >= 11 is 12.0. The van der Waals surface area contributed by atoms with Crippen molar-refractivity contribution in [2.24, 2.45) is 5.11 Å². The van der Waals surface area contributed by atoms with Crippen molar-refractivity contribution >= 4 is 33.3 Å². The van der Waals surface area contributed by atoms with Gasteiger partial charge in [-0.15, -0.1) is 0 Å². The number of hydrogen-bond acceptors (Lipinski definition) is 6. The molecule has 0 saturated carbocycles. The molecule has 3 rings (SSSR count). The molecular formula is C20H20Cl2N6O3S. The van der Waals surface area contributed by atoms with Gasteiger partial charge in [0.25, 0.3) is 0 Å². The minimum atomic E-state index is -4.33. The number of halogens is 2. The van der Waals surface area contributed by atoms with Gasteiger partial charge in [0, 0.05) is 46.3 Å². The lowest BCUT2D eigenvalue weighted by Crippen LogP contribution is -2.19. The molecule has 0 spiro atoms. The van der Waals surface area contributed by atoms with E-state index in [4.69, 9.17) is 32.9 Å². The van der Waals surface area contributed by atoms with Crippen molar-refractivity contribution < 1.29 is 12.6 Å². The molecule has 0 radical (unpaired) electrons.